The van der Waals surface area contributed by atoms with Gasteiger partial charge in [-0.3, -0.25) is 4.90 Å². The monoisotopic (exact) mass is 480 g/mol. The summed E-state index contributed by atoms with van der Waals surface area (Å²) in [6.45, 7) is 10.00. The summed E-state index contributed by atoms with van der Waals surface area (Å²) in [5.41, 5.74) is 11.6. The molecule has 4 atom stereocenters. The molecule has 2 heterocycles. The van der Waals surface area contributed by atoms with Crippen molar-refractivity contribution in [1.29, 1.82) is 0 Å². The lowest BCUT2D eigenvalue weighted by atomic mass is 9.95. The van der Waals surface area contributed by atoms with Crippen LogP contribution in [0.1, 0.15) is 45.2 Å². The van der Waals surface area contributed by atoms with Gasteiger partial charge in [-0.1, -0.05) is 65.8 Å². The smallest absolute Gasteiger partial charge is 0.163 e. The highest BCUT2D eigenvalue weighted by atomic mass is 16.7. The van der Waals surface area contributed by atoms with Gasteiger partial charge in [-0.25, -0.2) is 0 Å². The zero-order valence-corrected chi connectivity index (χ0v) is 21.0. The van der Waals surface area contributed by atoms with Crippen molar-refractivity contribution in [2.45, 2.75) is 83.1 Å². The van der Waals surface area contributed by atoms with Gasteiger partial charge in [0.05, 0.1) is 37.5 Å². The highest BCUT2D eigenvalue weighted by molar-refractivity contribution is 5.17. The van der Waals surface area contributed by atoms with Crippen LogP contribution in [0.5, 0.6) is 0 Å². The largest absolute Gasteiger partial charge is 0.350 e. The van der Waals surface area contributed by atoms with Gasteiger partial charge in [-0.2, -0.15) is 0 Å². The lowest BCUT2D eigenvalue weighted by Gasteiger charge is -2.48. The van der Waals surface area contributed by atoms with Gasteiger partial charge in [0.25, 0.3) is 0 Å². The molecule has 0 aliphatic carbocycles. The molecule has 2 aromatic rings. The summed E-state index contributed by atoms with van der Waals surface area (Å²) in [5.74, 6) is -1.48. The molecule has 8 nitrogen and oxygen atoms in total. The van der Waals surface area contributed by atoms with E-state index in [0.717, 1.165) is 13.1 Å². The number of hydrogen-bond donors (Lipinski definition) is 0. The first kappa shape index (κ1) is 25.6. The molecule has 188 valence electrons. The van der Waals surface area contributed by atoms with E-state index in [2.05, 4.69) is 63.5 Å². The van der Waals surface area contributed by atoms with Crippen LogP contribution in [0.15, 0.2) is 65.8 Å². The Bertz CT molecular complexity index is 953. The third kappa shape index (κ3) is 7.04. The fourth-order valence-electron chi connectivity index (χ4n) is 4.82. The Labute approximate surface area is 207 Å². The minimum atomic E-state index is -0.754. The maximum atomic E-state index is 9.11. The Morgan fingerprint density at radius 2 is 1.34 bits per heavy atom. The Balaban J connectivity index is 1.62. The number of nitrogens with zero attached hydrogens (tertiary/aromatic N) is 4. The molecular formula is C27H36N4O4. The average Bonchev–Trinajstić information content (AvgIpc) is 2.81. The molecule has 8 heteroatoms. The molecule has 0 saturated carbocycles. The van der Waals surface area contributed by atoms with Crippen molar-refractivity contribution < 1.29 is 18.9 Å². The van der Waals surface area contributed by atoms with E-state index in [-0.39, 0.29) is 18.2 Å². The van der Waals surface area contributed by atoms with Crippen LogP contribution in [-0.4, -0.2) is 54.0 Å². The number of ether oxygens (including phenoxy) is 4. The van der Waals surface area contributed by atoms with Gasteiger partial charge in [-0.05, 0) is 44.4 Å². The first-order valence-electron chi connectivity index (χ1n) is 12.2. The first-order chi connectivity index (χ1) is 16.7. The van der Waals surface area contributed by atoms with Crippen molar-refractivity contribution >= 4 is 0 Å². The van der Waals surface area contributed by atoms with Crippen LogP contribution in [0.4, 0.5) is 0 Å². The molecule has 2 aliphatic heterocycles. The molecular weight excluding hydrogens is 444 g/mol. The maximum absolute atomic E-state index is 9.11. The van der Waals surface area contributed by atoms with E-state index in [9.17, 15) is 0 Å². The fourth-order valence-corrected chi connectivity index (χ4v) is 4.82. The molecule has 2 saturated heterocycles. The normalized spacial score (nSPS) is 27.8. The van der Waals surface area contributed by atoms with Crippen LogP contribution in [0.3, 0.4) is 0 Å². The molecule has 0 unspecified atom stereocenters. The summed E-state index contributed by atoms with van der Waals surface area (Å²) < 4.78 is 24.7. The highest BCUT2D eigenvalue weighted by Gasteiger charge is 2.44. The molecule has 2 fully saturated rings. The molecule has 2 aromatic carbocycles. The highest BCUT2D eigenvalue weighted by Crippen LogP contribution is 2.34. The van der Waals surface area contributed by atoms with Crippen molar-refractivity contribution in [2.24, 2.45) is 5.11 Å². The molecule has 35 heavy (non-hydrogen) atoms. The zero-order chi connectivity index (χ0) is 24.9. The fraction of sp³-hybridized carbons (Fsp3) is 0.556. The second-order valence-electron chi connectivity index (χ2n) is 10.2. The molecule has 0 radical (unpaired) electrons. The van der Waals surface area contributed by atoms with Crippen LogP contribution in [0, 0.1) is 0 Å². The summed E-state index contributed by atoms with van der Waals surface area (Å²) >= 11 is 0. The minimum Gasteiger partial charge on any atom is -0.350 e. The summed E-state index contributed by atoms with van der Waals surface area (Å²) in [7, 11) is 0. The lowest BCUT2D eigenvalue weighted by Crippen LogP contribution is -2.58. The van der Waals surface area contributed by atoms with Gasteiger partial charge >= 0.3 is 0 Å². The van der Waals surface area contributed by atoms with Crippen LogP contribution >= 0.6 is 0 Å². The second kappa shape index (κ2) is 11.1. The topological polar surface area (TPSA) is 88.9 Å². The van der Waals surface area contributed by atoms with E-state index >= 15 is 0 Å². The van der Waals surface area contributed by atoms with Gasteiger partial charge < -0.3 is 18.9 Å². The third-order valence-electron chi connectivity index (χ3n) is 6.52. The van der Waals surface area contributed by atoms with Gasteiger partial charge in [0.2, 0.25) is 0 Å². The SMILES string of the molecule is CC1(C)OC[C@H](N(Cc2ccccc2)Cc2ccccc2)[C@H](C[C@H]2OC(C)(C)OC[C@@H]2N=[N+]=[N-])O1. The predicted molar refractivity (Wildman–Crippen MR) is 133 cm³/mol. The number of hydrogen-bond acceptors (Lipinski definition) is 6. The first-order valence-corrected chi connectivity index (χ1v) is 12.2. The quantitative estimate of drug-likeness (QED) is 0.286. The van der Waals surface area contributed by atoms with Gasteiger partial charge in [0.15, 0.2) is 11.6 Å². The molecule has 0 aromatic heterocycles. The maximum Gasteiger partial charge on any atom is 0.163 e. The summed E-state index contributed by atoms with van der Waals surface area (Å²) in [6, 6.07) is 20.4. The summed E-state index contributed by atoms with van der Waals surface area (Å²) in [5, 5.41) is 3.97. The number of benzene rings is 2. The second-order valence-corrected chi connectivity index (χ2v) is 10.2. The number of azide groups is 1. The van der Waals surface area contributed by atoms with Crippen LogP contribution < -0.4 is 0 Å². The molecule has 4 rings (SSSR count). The molecule has 0 bridgehead atoms. The van der Waals surface area contributed by atoms with Crippen LogP contribution in [0.2, 0.25) is 0 Å². The van der Waals surface area contributed by atoms with E-state index in [4.69, 9.17) is 24.5 Å². The van der Waals surface area contributed by atoms with E-state index in [0.29, 0.717) is 19.6 Å². The van der Waals surface area contributed by atoms with E-state index < -0.39 is 17.6 Å². The number of rotatable bonds is 8. The van der Waals surface area contributed by atoms with Crippen molar-refractivity contribution in [3.63, 3.8) is 0 Å². The predicted octanol–water partition coefficient (Wildman–Crippen LogP) is 5.43. The molecule has 0 spiro atoms. The standard InChI is InChI=1S/C27H36N4O4/c1-26(2)32-18-22(29-30-28)24(34-26)15-25-23(19-33-27(3,4)35-25)31(16-20-11-7-5-8-12-20)17-21-13-9-6-10-14-21/h5-14,22-25H,15-19H2,1-4H3/t22-,23-,24+,25-/m0/s1. The molecule has 0 N–H and O–H groups in total. The van der Waals surface area contributed by atoms with Crippen LogP contribution in [0.25, 0.3) is 10.4 Å². The third-order valence-corrected chi connectivity index (χ3v) is 6.52. The van der Waals surface area contributed by atoms with Crippen molar-refractivity contribution in [1.82, 2.24) is 4.90 Å². The summed E-state index contributed by atoms with van der Waals surface area (Å²) in [6.07, 6.45) is 0.0430. The van der Waals surface area contributed by atoms with Crippen molar-refractivity contribution in [3.8, 4) is 0 Å². The Hall–Kier alpha value is -2.45. The van der Waals surface area contributed by atoms with Gasteiger partial charge in [-0.15, -0.1) is 0 Å². The Kier molecular flexibility index (Phi) is 8.12. The summed E-state index contributed by atoms with van der Waals surface area (Å²) in [4.78, 5) is 5.45. The minimum absolute atomic E-state index is 0.0234. The lowest BCUT2D eigenvalue weighted by molar-refractivity contribution is -0.316. The zero-order valence-electron chi connectivity index (χ0n) is 21.0. The van der Waals surface area contributed by atoms with E-state index in [1.54, 1.807) is 0 Å². The van der Waals surface area contributed by atoms with Gasteiger partial charge in [0, 0.05) is 24.4 Å². The Morgan fingerprint density at radius 1 is 0.829 bits per heavy atom. The van der Waals surface area contributed by atoms with Gasteiger partial charge in [0.1, 0.15) is 0 Å². The van der Waals surface area contributed by atoms with Crippen molar-refractivity contribution in [2.75, 3.05) is 13.2 Å². The van der Waals surface area contributed by atoms with Crippen molar-refractivity contribution in [3.05, 3.63) is 82.2 Å². The van der Waals surface area contributed by atoms with E-state index in [1.165, 1.54) is 11.1 Å². The molecule has 2 aliphatic rings. The van der Waals surface area contributed by atoms with E-state index in [1.807, 2.05) is 39.8 Å². The average molecular weight is 481 g/mol. The molecule has 0 amide bonds. The Morgan fingerprint density at radius 3 is 1.89 bits per heavy atom. The van der Waals surface area contributed by atoms with Crippen LogP contribution in [-0.2, 0) is 32.0 Å².